The molecule has 1 aliphatic heterocycles. The molecule has 1 unspecified atom stereocenters. The average molecular weight is 589 g/mol. The molecule has 0 saturated carbocycles. The second kappa shape index (κ2) is 13.3. The van der Waals surface area contributed by atoms with E-state index < -0.39 is 10.0 Å². The molecule has 0 aliphatic carbocycles. The largest absolute Gasteiger partial charge is 0.497 e. The molecule has 0 radical (unpaired) electrons. The first kappa shape index (κ1) is 29.5. The van der Waals surface area contributed by atoms with Gasteiger partial charge in [0.1, 0.15) is 12.4 Å². The normalized spacial score (nSPS) is 15.1. The fraction of sp³-hybridized carbons (Fsp3) is 0.312. The predicted molar refractivity (Wildman–Crippen MR) is 162 cm³/mol. The quantitative estimate of drug-likeness (QED) is 0.271. The maximum Gasteiger partial charge on any atom is 0.410 e. The number of fused-ring (bicyclic) bond motifs is 1. The SMILES string of the molecule is COc1ccc(CC(CN(C)S(=O)(=O)c2cccc3cnccc23)N2CCN(C(=O)OCc3ccccc3)CC2)cc1. The van der Waals surface area contributed by atoms with E-state index in [1.165, 1.54) is 4.31 Å². The molecule has 1 amide bonds. The zero-order valence-corrected chi connectivity index (χ0v) is 24.7. The van der Waals surface area contributed by atoms with E-state index in [9.17, 15) is 13.2 Å². The maximum absolute atomic E-state index is 13.8. The molecule has 0 N–H and O–H groups in total. The number of methoxy groups -OCH3 is 1. The zero-order chi connectivity index (χ0) is 29.5. The van der Waals surface area contributed by atoms with Gasteiger partial charge in [-0.05, 0) is 41.8 Å². The van der Waals surface area contributed by atoms with Gasteiger partial charge in [-0.2, -0.15) is 4.31 Å². The minimum atomic E-state index is -3.79. The highest BCUT2D eigenvalue weighted by Gasteiger charge is 2.31. The van der Waals surface area contributed by atoms with Crippen LogP contribution in [0.2, 0.25) is 0 Å². The van der Waals surface area contributed by atoms with Crippen LogP contribution in [0, 0.1) is 0 Å². The summed E-state index contributed by atoms with van der Waals surface area (Å²) >= 11 is 0. The van der Waals surface area contributed by atoms with Crippen LogP contribution in [-0.2, 0) is 27.8 Å². The average Bonchev–Trinajstić information content (AvgIpc) is 3.03. The van der Waals surface area contributed by atoms with Crippen LogP contribution in [0.15, 0.2) is 96.2 Å². The van der Waals surface area contributed by atoms with Crippen molar-refractivity contribution in [2.24, 2.45) is 0 Å². The number of hydrogen-bond acceptors (Lipinski definition) is 7. The fourth-order valence-electron chi connectivity index (χ4n) is 5.30. The van der Waals surface area contributed by atoms with E-state index in [1.54, 1.807) is 49.7 Å². The molecule has 220 valence electrons. The number of piperazine rings is 1. The van der Waals surface area contributed by atoms with E-state index in [-0.39, 0.29) is 30.2 Å². The number of aromatic nitrogens is 1. The van der Waals surface area contributed by atoms with Crippen molar-refractivity contribution >= 4 is 26.9 Å². The number of hydrogen-bond donors (Lipinski definition) is 0. The molecule has 1 atom stereocenters. The first-order valence-corrected chi connectivity index (χ1v) is 15.4. The lowest BCUT2D eigenvalue weighted by Crippen LogP contribution is -2.55. The number of carbonyl (C=O) groups is 1. The van der Waals surface area contributed by atoms with Gasteiger partial charge in [0.2, 0.25) is 10.0 Å². The number of rotatable bonds is 10. The van der Waals surface area contributed by atoms with Crippen LogP contribution in [0.25, 0.3) is 10.8 Å². The smallest absolute Gasteiger partial charge is 0.410 e. The molecule has 1 aliphatic rings. The summed E-state index contributed by atoms with van der Waals surface area (Å²) in [6.07, 6.45) is 3.58. The van der Waals surface area contributed by atoms with Gasteiger partial charge in [0.15, 0.2) is 0 Å². The highest BCUT2D eigenvalue weighted by molar-refractivity contribution is 7.89. The predicted octanol–water partition coefficient (Wildman–Crippen LogP) is 4.43. The molecular formula is C32H36N4O5S. The Labute approximate surface area is 247 Å². The van der Waals surface area contributed by atoms with Crippen molar-refractivity contribution < 1.29 is 22.7 Å². The van der Waals surface area contributed by atoms with Crippen LogP contribution in [0.4, 0.5) is 4.79 Å². The van der Waals surface area contributed by atoms with Crippen molar-refractivity contribution in [3.8, 4) is 5.75 Å². The molecule has 2 heterocycles. The van der Waals surface area contributed by atoms with Gasteiger partial charge in [-0.3, -0.25) is 9.88 Å². The van der Waals surface area contributed by atoms with E-state index >= 15 is 0 Å². The van der Waals surface area contributed by atoms with Crippen LogP contribution in [-0.4, -0.2) is 86.5 Å². The lowest BCUT2D eigenvalue weighted by atomic mass is 10.0. The monoisotopic (exact) mass is 588 g/mol. The number of ether oxygens (including phenoxy) is 2. The third-order valence-electron chi connectivity index (χ3n) is 7.72. The second-order valence-electron chi connectivity index (χ2n) is 10.4. The number of amides is 1. The van der Waals surface area contributed by atoms with Gasteiger partial charge in [0.25, 0.3) is 0 Å². The van der Waals surface area contributed by atoms with Gasteiger partial charge >= 0.3 is 6.09 Å². The molecule has 9 nitrogen and oxygen atoms in total. The highest BCUT2D eigenvalue weighted by atomic mass is 32.2. The van der Waals surface area contributed by atoms with E-state index in [0.717, 1.165) is 22.3 Å². The molecule has 0 spiro atoms. The molecule has 42 heavy (non-hydrogen) atoms. The number of likely N-dealkylation sites (N-methyl/N-ethyl adjacent to an activating group) is 1. The van der Waals surface area contributed by atoms with E-state index in [1.807, 2.05) is 60.7 Å². The summed E-state index contributed by atoms with van der Waals surface area (Å²) in [7, 11) is -0.523. The first-order chi connectivity index (χ1) is 20.3. The Morgan fingerprint density at radius 2 is 1.67 bits per heavy atom. The number of carbonyl (C=O) groups excluding carboxylic acids is 1. The third-order valence-corrected chi connectivity index (χ3v) is 9.60. The number of pyridine rings is 1. The van der Waals surface area contributed by atoms with Gasteiger partial charge in [0, 0.05) is 69.0 Å². The molecule has 1 saturated heterocycles. The molecule has 1 fully saturated rings. The summed E-state index contributed by atoms with van der Waals surface area (Å²) in [4.78, 5) is 21.1. The third kappa shape index (κ3) is 6.89. The lowest BCUT2D eigenvalue weighted by molar-refractivity contribution is 0.0572. The van der Waals surface area contributed by atoms with Crippen LogP contribution < -0.4 is 4.74 Å². The molecule has 0 bridgehead atoms. The topological polar surface area (TPSA) is 92.3 Å². The molecule has 5 rings (SSSR count). The summed E-state index contributed by atoms with van der Waals surface area (Å²) in [5.41, 5.74) is 2.02. The Kier molecular flexibility index (Phi) is 9.36. The first-order valence-electron chi connectivity index (χ1n) is 14.0. The summed E-state index contributed by atoms with van der Waals surface area (Å²) in [6.45, 7) is 2.73. The number of benzene rings is 3. The molecule has 3 aromatic carbocycles. The molecular weight excluding hydrogens is 552 g/mol. The standard InChI is InChI=1S/C32H36N4O5S/c1-34(42(38,39)31-10-6-9-27-22-33-16-15-30(27)31)23-28(21-25-11-13-29(40-2)14-12-25)35-17-19-36(20-18-35)32(37)41-24-26-7-4-3-5-8-26/h3-16,22,28H,17-21,23-24H2,1-2H3. The van der Waals surface area contributed by atoms with Crippen LogP contribution in [0.1, 0.15) is 11.1 Å². The summed E-state index contributed by atoms with van der Waals surface area (Å²) in [6, 6.07) is 24.3. The Morgan fingerprint density at radius 3 is 2.38 bits per heavy atom. The Hall–Kier alpha value is -3.99. The van der Waals surface area contributed by atoms with Crippen LogP contribution >= 0.6 is 0 Å². The minimum Gasteiger partial charge on any atom is -0.497 e. The minimum absolute atomic E-state index is 0.114. The van der Waals surface area contributed by atoms with Gasteiger partial charge < -0.3 is 14.4 Å². The summed E-state index contributed by atoms with van der Waals surface area (Å²) in [5, 5.41) is 1.42. The van der Waals surface area contributed by atoms with E-state index in [0.29, 0.717) is 38.0 Å². The fourth-order valence-corrected chi connectivity index (χ4v) is 6.72. The number of sulfonamides is 1. The Bertz CT molecular complexity index is 1590. The highest BCUT2D eigenvalue weighted by Crippen LogP contribution is 2.26. The van der Waals surface area contributed by atoms with Gasteiger partial charge in [-0.15, -0.1) is 0 Å². The van der Waals surface area contributed by atoms with E-state index in [2.05, 4.69) is 9.88 Å². The summed E-state index contributed by atoms with van der Waals surface area (Å²) in [5.74, 6) is 0.767. The maximum atomic E-state index is 13.8. The van der Waals surface area contributed by atoms with Gasteiger partial charge in [0.05, 0.1) is 12.0 Å². The summed E-state index contributed by atoms with van der Waals surface area (Å²) < 4.78 is 40.0. The van der Waals surface area contributed by atoms with Crippen molar-refractivity contribution in [3.05, 3.63) is 102 Å². The van der Waals surface area contributed by atoms with Crippen LogP contribution in [0.5, 0.6) is 5.75 Å². The van der Waals surface area contributed by atoms with Gasteiger partial charge in [-0.25, -0.2) is 13.2 Å². The van der Waals surface area contributed by atoms with E-state index in [4.69, 9.17) is 9.47 Å². The van der Waals surface area contributed by atoms with Crippen LogP contribution in [0.3, 0.4) is 0 Å². The van der Waals surface area contributed by atoms with Crippen molar-refractivity contribution in [3.63, 3.8) is 0 Å². The Morgan fingerprint density at radius 1 is 0.929 bits per heavy atom. The Balaban J connectivity index is 1.30. The van der Waals surface area contributed by atoms with Crippen molar-refractivity contribution in [1.29, 1.82) is 0 Å². The number of nitrogens with zero attached hydrogens (tertiary/aromatic N) is 4. The lowest BCUT2D eigenvalue weighted by Gasteiger charge is -2.40. The molecule has 1 aromatic heterocycles. The van der Waals surface area contributed by atoms with Crippen molar-refractivity contribution in [2.45, 2.75) is 24.0 Å². The molecule has 10 heteroatoms. The van der Waals surface area contributed by atoms with Gasteiger partial charge in [-0.1, -0.05) is 54.6 Å². The van der Waals surface area contributed by atoms with Crippen molar-refractivity contribution in [1.82, 2.24) is 19.1 Å². The second-order valence-corrected chi connectivity index (χ2v) is 12.4. The molecule has 4 aromatic rings. The van der Waals surface area contributed by atoms with Crippen molar-refractivity contribution in [2.75, 3.05) is 46.9 Å². The zero-order valence-electron chi connectivity index (χ0n) is 23.9.